The first-order chi connectivity index (χ1) is 10.1. The Morgan fingerprint density at radius 1 is 1.24 bits per heavy atom. The van der Waals surface area contributed by atoms with Crippen LogP contribution in [0.1, 0.15) is 30.0 Å². The minimum Gasteiger partial charge on any atom is -0.451 e. The summed E-state index contributed by atoms with van der Waals surface area (Å²) in [6.07, 6.45) is -0.435. The highest BCUT2D eigenvalue weighted by molar-refractivity contribution is 5.96. The van der Waals surface area contributed by atoms with Crippen LogP contribution in [0.4, 0.5) is 0 Å². The second-order valence-corrected chi connectivity index (χ2v) is 4.70. The van der Waals surface area contributed by atoms with Gasteiger partial charge in [-0.2, -0.15) is 0 Å². The van der Waals surface area contributed by atoms with Gasteiger partial charge < -0.3 is 19.2 Å². The lowest BCUT2D eigenvalue weighted by atomic mass is 10.2. The van der Waals surface area contributed by atoms with Crippen LogP contribution in [0.5, 0.6) is 0 Å². The van der Waals surface area contributed by atoms with E-state index in [0.717, 1.165) is 10.9 Å². The number of furan rings is 1. The number of carbonyl (C=O) groups excluding carboxylic acids is 1. The number of benzene rings is 1. The molecule has 0 fully saturated rings. The maximum Gasteiger partial charge on any atom is 0.287 e. The Kier molecular flexibility index (Phi) is 5.36. The average molecular weight is 291 g/mol. The number of carbonyl (C=O) groups is 1. The number of ether oxygens (including phenoxy) is 2. The molecule has 0 aliphatic carbocycles. The summed E-state index contributed by atoms with van der Waals surface area (Å²) < 4.78 is 16.3. The van der Waals surface area contributed by atoms with Gasteiger partial charge in [-0.05, 0) is 39.0 Å². The Labute approximate surface area is 124 Å². The minimum absolute atomic E-state index is 0.270. The molecule has 2 rings (SSSR count). The second-order valence-electron chi connectivity index (χ2n) is 4.70. The molecule has 0 saturated carbocycles. The van der Waals surface area contributed by atoms with E-state index >= 15 is 0 Å². The molecule has 2 aromatic rings. The van der Waals surface area contributed by atoms with Crippen LogP contribution in [0.2, 0.25) is 0 Å². The predicted molar refractivity (Wildman–Crippen MR) is 80.3 cm³/mol. The van der Waals surface area contributed by atoms with Gasteiger partial charge in [-0.25, -0.2) is 0 Å². The van der Waals surface area contributed by atoms with Gasteiger partial charge in [0.15, 0.2) is 12.1 Å². The lowest BCUT2D eigenvalue weighted by Crippen LogP contribution is -2.35. The van der Waals surface area contributed by atoms with Crippen molar-refractivity contribution in [1.29, 1.82) is 0 Å². The lowest BCUT2D eigenvalue weighted by molar-refractivity contribution is -0.131. The second kappa shape index (κ2) is 7.24. The van der Waals surface area contributed by atoms with Crippen molar-refractivity contribution in [2.45, 2.75) is 27.1 Å². The molecule has 5 heteroatoms. The smallest absolute Gasteiger partial charge is 0.287 e. The lowest BCUT2D eigenvalue weighted by Gasteiger charge is -2.16. The zero-order valence-corrected chi connectivity index (χ0v) is 12.6. The van der Waals surface area contributed by atoms with E-state index in [1.807, 2.05) is 39.0 Å². The maximum atomic E-state index is 12.1. The molecule has 1 aromatic carbocycles. The highest BCUT2D eigenvalue weighted by Gasteiger charge is 2.15. The number of hydrogen-bond acceptors (Lipinski definition) is 4. The van der Waals surface area contributed by atoms with Crippen molar-refractivity contribution in [2.75, 3.05) is 19.8 Å². The van der Waals surface area contributed by atoms with E-state index in [1.165, 1.54) is 0 Å². The van der Waals surface area contributed by atoms with Crippen molar-refractivity contribution in [2.24, 2.45) is 0 Å². The van der Waals surface area contributed by atoms with Crippen molar-refractivity contribution < 1.29 is 18.7 Å². The maximum absolute atomic E-state index is 12.1. The molecule has 21 heavy (non-hydrogen) atoms. The van der Waals surface area contributed by atoms with Crippen LogP contribution in [-0.2, 0) is 9.47 Å². The summed E-state index contributed by atoms with van der Waals surface area (Å²) >= 11 is 0. The quantitative estimate of drug-likeness (QED) is 0.797. The Bertz CT molecular complexity index is 599. The first kappa shape index (κ1) is 15.5. The van der Waals surface area contributed by atoms with Crippen LogP contribution >= 0.6 is 0 Å². The molecular weight excluding hydrogens is 270 g/mol. The Hall–Kier alpha value is -1.85. The van der Waals surface area contributed by atoms with Crippen molar-refractivity contribution in [3.63, 3.8) is 0 Å². The van der Waals surface area contributed by atoms with Crippen LogP contribution in [0.15, 0.2) is 28.7 Å². The van der Waals surface area contributed by atoms with Crippen LogP contribution in [0, 0.1) is 6.92 Å². The Balaban J connectivity index is 2.01. The zero-order valence-electron chi connectivity index (χ0n) is 12.6. The Morgan fingerprint density at radius 2 is 1.95 bits per heavy atom. The summed E-state index contributed by atoms with van der Waals surface area (Å²) in [5.74, 6) is 0.0237. The molecule has 0 bridgehead atoms. The average Bonchev–Trinajstić information content (AvgIpc) is 2.88. The minimum atomic E-state index is -0.435. The summed E-state index contributed by atoms with van der Waals surface area (Å²) in [5, 5.41) is 3.68. The van der Waals surface area contributed by atoms with E-state index in [-0.39, 0.29) is 12.5 Å². The molecule has 5 nitrogen and oxygen atoms in total. The third-order valence-electron chi connectivity index (χ3n) is 3.03. The van der Waals surface area contributed by atoms with E-state index in [1.54, 1.807) is 6.07 Å². The molecule has 1 heterocycles. The van der Waals surface area contributed by atoms with Gasteiger partial charge in [-0.3, -0.25) is 4.79 Å². The summed E-state index contributed by atoms with van der Waals surface area (Å²) in [5.41, 5.74) is 1.83. The van der Waals surface area contributed by atoms with Gasteiger partial charge in [0.2, 0.25) is 0 Å². The third-order valence-corrected chi connectivity index (χ3v) is 3.03. The van der Waals surface area contributed by atoms with Crippen LogP contribution < -0.4 is 5.32 Å². The monoisotopic (exact) mass is 291 g/mol. The molecule has 0 atom stereocenters. The van der Waals surface area contributed by atoms with Gasteiger partial charge in [0.05, 0.1) is 6.54 Å². The molecule has 0 spiro atoms. The van der Waals surface area contributed by atoms with Crippen molar-refractivity contribution >= 4 is 16.9 Å². The fourth-order valence-corrected chi connectivity index (χ4v) is 2.08. The van der Waals surface area contributed by atoms with Gasteiger partial charge in [0, 0.05) is 18.6 Å². The van der Waals surface area contributed by atoms with Gasteiger partial charge in [-0.15, -0.1) is 0 Å². The van der Waals surface area contributed by atoms with E-state index in [4.69, 9.17) is 13.9 Å². The fraction of sp³-hybridized carbons (Fsp3) is 0.438. The first-order valence-electron chi connectivity index (χ1n) is 7.15. The van der Waals surface area contributed by atoms with Crippen molar-refractivity contribution in [3.8, 4) is 0 Å². The van der Waals surface area contributed by atoms with E-state index in [9.17, 15) is 4.79 Å². The van der Waals surface area contributed by atoms with E-state index in [0.29, 0.717) is 24.6 Å². The predicted octanol–water partition coefficient (Wildman–Crippen LogP) is 2.87. The number of rotatable bonds is 7. The van der Waals surface area contributed by atoms with Gasteiger partial charge in [0.1, 0.15) is 5.58 Å². The van der Waals surface area contributed by atoms with E-state index in [2.05, 4.69) is 5.32 Å². The largest absolute Gasteiger partial charge is 0.451 e. The normalized spacial score (nSPS) is 11.2. The highest BCUT2D eigenvalue weighted by atomic mass is 16.7. The highest BCUT2D eigenvalue weighted by Crippen LogP contribution is 2.20. The molecule has 0 radical (unpaired) electrons. The van der Waals surface area contributed by atoms with Gasteiger partial charge >= 0.3 is 0 Å². The molecule has 0 unspecified atom stereocenters. The van der Waals surface area contributed by atoms with Crippen molar-refractivity contribution in [3.05, 3.63) is 35.6 Å². The van der Waals surface area contributed by atoms with Gasteiger partial charge in [0.25, 0.3) is 5.91 Å². The van der Waals surface area contributed by atoms with Crippen molar-refractivity contribution in [1.82, 2.24) is 5.32 Å². The molecule has 0 aliphatic rings. The molecular formula is C16H21NO4. The van der Waals surface area contributed by atoms with Crippen LogP contribution in [0.25, 0.3) is 11.0 Å². The fourth-order valence-electron chi connectivity index (χ4n) is 2.08. The van der Waals surface area contributed by atoms with Crippen LogP contribution in [-0.4, -0.2) is 32.0 Å². The summed E-state index contributed by atoms with van der Waals surface area (Å²) in [7, 11) is 0. The van der Waals surface area contributed by atoms with Crippen LogP contribution in [0.3, 0.4) is 0 Å². The summed E-state index contributed by atoms with van der Waals surface area (Å²) in [4.78, 5) is 12.1. The number of nitrogens with one attached hydrogen (secondary N) is 1. The number of aryl methyl sites for hydroxylation is 1. The molecule has 0 saturated heterocycles. The molecule has 1 aromatic heterocycles. The topological polar surface area (TPSA) is 60.7 Å². The molecule has 1 amide bonds. The summed E-state index contributed by atoms with van der Waals surface area (Å²) in [6.45, 7) is 7.12. The Morgan fingerprint density at radius 3 is 2.62 bits per heavy atom. The molecule has 114 valence electrons. The number of hydrogen-bond donors (Lipinski definition) is 1. The first-order valence-corrected chi connectivity index (χ1v) is 7.15. The SMILES string of the molecule is CCOC(CNC(=O)c1cc2cc(C)ccc2o1)OCC. The molecule has 0 aliphatic heterocycles. The number of fused-ring (bicyclic) bond motifs is 1. The zero-order chi connectivity index (χ0) is 15.2. The number of amides is 1. The van der Waals surface area contributed by atoms with Gasteiger partial charge in [-0.1, -0.05) is 11.6 Å². The van der Waals surface area contributed by atoms with E-state index < -0.39 is 6.29 Å². The molecule has 1 N–H and O–H groups in total. The summed E-state index contributed by atoms with van der Waals surface area (Å²) in [6, 6.07) is 7.55. The standard InChI is InChI=1S/C16H21NO4/c1-4-19-15(20-5-2)10-17-16(18)14-9-12-8-11(3)6-7-13(12)21-14/h6-9,15H,4-5,10H2,1-3H3,(H,17,18). The third kappa shape index (κ3) is 4.06.